The molecule has 5 rings (SSSR count). The topological polar surface area (TPSA) is 153 Å². The van der Waals surface area contributed by atoms with Crippen LogP contribution in [0.1, 0.15) is 89.6 Å². The smallest absolute Gasteiger partial charge is 0.354 e. The summed E-state index contributed by atoms with van der Waals surface area (Å²) in [5, 5.41) is 4.53. The van der Waals surface area contributed by atoms with Crippen molar-refractivity contribution in [3.8, 4) is 5.69 Å². The molecule has 0 bridgehead atoms. The predicted octanol–water partition coefficient (Wildman–Crippen LogP) is 6.21. The van der Waals surface area contributed by atoms with Crippen LogP contribution in [0.25, 0.3) is 16.7 Å². The van der Waals surface area contributed by atoms with Crippen molar-refractivity contribution in [2.24, 2.45) is 27.6 Å². The zero-order chi connectivity index (χ0) is 35.3. The van der Waals surface area contributed by atoms with Crippen molar-refractivity contribution in [2.45, 2.75) is 91.0 Å². The van der Waals surface area contributed by atoms with Gasteiger partial charge in [0.2, 0.25) is 0 Å². The quantitative estimate of drug-likeness (QED) is 0.0722. The lowest BCUT2D eigenvalue weighted by atomic mass is 9.85. The molecule has 48 heavy (non-hydrogen) atoms. The van der Waals surface area contributed by atoms with Gasteiger partial charge in [-0.2, -0.15) is 4.98 Å². The Morgan fingerprint density at radius 2 is 1.75 bits per heavy atom. The third-order valence-electron chi connectivity index (χ3n) is 8.90. The van der Waals surface area contributed by atoms with Crippen molar-refractivity contribution >= 4 is 28.6 Å². The number of fused-ring (bicyclic) bond motifs is 1. The molecule has 2 aromatic carbocycles. The average molecular weight is 679 g/mol. The van der Waals surface area contributed by atoms with E-state index in [1.165, 1.54) is 12.8 Å². The van der Waals surface area contributed by atoms with E-state index in [1.807, 2.05) is 30.5 Å². The molecule has 1 aliphatic carbocycles. The molecule has 1 fully saturated rings. The monoisotopic (exact) mass is 678 g/mol. The maximum atomic E-state index is 13.9. The predicted molar refractivity (Wildman–Crippen MR) is 197 cm³/mol. The first kappa shape index (κ1) is 37.1. The Hall–Kier alpha value is -3.73. The molecule has 0 atom stereocenters. The van der Waals surface area contributed by atoms with Crippen LogP contribution in [-0.4, -0.2) is 40.1 Å². The maximum Gasteiger partial charge on any atom is 0.354 e. The van der Waals surface area contributed by atoms with Crippen LogP contribution in [0.4, 0.5) is 4.39 Å². The van der Waals surface area contributed by atoms with Crippen molar-refractivity contribution in [2.75, 3.05) is 19.6 Å². The largest absolute Gasteiger partial charge is 0.370 e. The first-order chi connectivity index (χ1) is 22.5. The number of nitrogens with one attached hydrogen (secondary N) is 2. The van der Waals surface area contributed by atoms with E-state index in [-0.39, 0.29) is 33.3 Å². The third-order valence-corrected chi connectivity index (χ3v) is 9.28. The van der Waals surface area contributed by atoms with Gasteiger partial charge in [0.1, 0.15) is 11.5 Å². The highest BCUT2D eigenvalue weighted by Gasteiger charge is 2.40. The normalized spacial score (nSPS) is 14.0. The highest BCUT2D eigenvalue weighted by molar-refractivity contribution is 6.31. The van der Waals surface area contributed by atoms with Gasteiger partial charge in [-0.3, -0.25) is 9.56 Å². The number of hydrogen-bond donors (Lipinski definition) is 5. The number of aromatic nitrogens is 3. The van der Waals surface area contributed by atoms with E-state index < -0.39 is 0 Å². The van der Waals surface area contributed by atoms with Crippen LogP contribution in [0.2, 0.25) is 5.02 Å². The Balaban J connectivity index is 0.000000237. The lowest BCUT2D eigenvalue weighted by molar-refractivity contribution is 0.477. The van der Waals surface area contributed by atoms with Gasteiger partial charge in [-0.25, -0.2) is 9.18 Å². The van der Waals surface area contributed by atoms with Gasteiger partial charge in [-0.15, -0.1) is 0 Å². The fourth-order valence-electron chi connectivity index (χ4n) is 5.48. The molecule has 2 heterocycles. The highest BCUT2D eigenvalue weighted by Crippen LogP contribution is 2.48. The third kappa shape index (κ3) is 9.90. The minimum Gasteiger partial charge on any atom is -0.370 e. The number of guanidine groups is 1. The van der Waals surface area contributed by atoms with Crippen LogP contribution in [0, 0.1) is 11.2 Å². The SMILES string of the molecule is CC(C)(C)c1cc(CCC2(CN)CC2)cc(F)c1Cl.CC(C)(C)c1cc2cn(-c3ccc(CNCCCN=C(N)N)cc3)c(=O)nc2[nH]1. The molecule has 0 unspecified atom stereocenters. The zero-order valence-electron chi connectivity index (χ0n) is 29.2. The maximum absolute atomic E-state index is 13.9. The molecule has 8 N–H and O–H groups in total. The molecular weight excluding hydrogens is 627 g/mol. The van der Waals surface area contributed by atoms with E-state index in [0.29, 0.717) is 17.6 Å². The standard InChI is InChI=1S/C21H29N7O.C16H23ClFN/c1-21(2,3)17-11-15-13-28(20(29)27-18(15)26-17)16-7-5-14(6-8-16)12-24-9-4-10-25-19(22)23;1-15(2,3)12-8-11(9-13(18)14(12)17)4-5-16(10-19)6-7-16/h5-8,11,13,24H,4,9-10,12H2,1-3H3,(H4,22,23,25)(H,26,27,29);8-9H,4-7,10,19H2,1-3H3. The highest BCUT2D eigenvalue weighted by atomic mass is 35.5. The number of aryl methyl sites for hydroxylation is 1. The molecule has 0 radical (unpaired) electrons. The van der Waals surface area contributed by atoms with E-state index in [0.717, 1.165) is 72.4 Å². The molecule has 0 aliphatic heterocycles. The second-order valence-electron chi connectivity index (χ2n) is 15.0. The number of aliphatic imine (C=N–C) groups is 1. The van der Waals surface area contributed by atoms with Gasteiger partial charge < -0.3 is 27.5 Å². The number of nitrogens with two attached hydrogens (primary N) is 3. The van der Waals surface area contributed by atoms with E-state index in [4.69, 9.17) is 28.8 Å². The Kier molecular flexibility index (Phi) is 11.8. The van der Waals surface area contributed by atoms with Crippen molar-refractivity contribution in [1.82, 2.24) is 19.9 Å². The second-order valence-corrected chi connectivity index (χ2v) is 15.4. The number of halogens is 2. The molecule has 0 saturated heterocycles. The number of aromatic amines is 1. The van der Waals surface area contributed by atoms with Crippen molar-refractivity contribution in [3.05, 3.63) is 92.4 Å². The number of benzene rings is 2. The summed E-state index contributed by atoms with van der Waals surface area (Å²) in [6.45, 7) is 15.5. The molecule has 4 aromatic rings. The molecule has 2 aromatic heterocycles. The van der Waals surface area contributed by atoms with Crippen molar-refractivity contribution in [1.29, 1.82) is 0 Å². The average Bonchev–Trinajstić information content (AvgIpc) is 3.68. The van der Waals surface area contributed by atoms with Gasteiger partial charge in [0, 0.05) is 35.8 Å². The lowest BCUT2D eigenvalue weighted by Crippen LogP contribution is -2.23. The van der Waals surface area contributed by atoms with E-state index in [9.17, 15) is 9.18 Å². The number of rotatable bonds is 11. The van der Waals surface area contributed by atoms with Crippen molar-refractivity contribution < 1.29 is 4.39 Å². The fraction of sp³-hybridized carbons (Fsp3) is 0.486. The summed E-state index contributed by atoms with van der Waals surface area (Å²) in [5.41, 5.74) is 21.8. The van der Waals surface area contributed by atoms with Crippen LogP contribution >= 0.6 is 11.6 Å². The molecule has 1 saturated carbocycles. The molecule has 1 aliphatic rings. The van der Waals surface area contributed by atoms with Crippen molar-refractivity contribution in [3.63, 3.8) is 0 Å². The van der Waals surface area contributed by atoms with E-state index in [2.05, 4.69) is 74.0 Å². The number of H-pyrrole nitrogens is 1. The van der Waals surface area contributed by atoms with Gasteiger partial charge in [-0.05, 0) is 97.0 Å². The zero-order valence-corrected chi connectivity index (χ0v) is 30.0. The van der Waals surface area contributed by atoms with E-state index >= 15 is 0 Å². The van der Waals surface area contributed by atoms with Crippen LogP contribution in [0.3, 0.4) is 0 Å². The number of hydrogen-bond acceptors (Lipinski definition) is 5. The summed E-state index contributed by atoms with van der Waals surface area (Å²) in [6.07, 6.45) is 7.07. The molecule has 260 valence electrons. The Morgan fingerprint density at radius 1 is 1.06 bits per heavy atom. The Morgan fingerprint density at radius 3 is 2.33 bits per heavy atom. The van der Waals surface area contributed by atoms with Gasteiger partial charge in [0.25, 0.3) is 0 Å². The van der Waals surface area contributed by atoms with Gasteiger partial charge in [0.05, 0.1) is 10.7 Å². The second kappa shape index (κ2) is 15.2. The van der Waals surface area contributed by atoms with Gasteiger partial charge in [0.15, 0.2) is 5.96 Å². The molecule has 0 amide bonds. The van der Waals surface area contributed by atoms with Crippen LogP contribution in [-0.2, 0) is 23.8 Å². The van der Waals surface area contributed by atoms with E-state index in [1.54, 1.807) is 10.6 Å². The van der Waals surface area contributed by atoms with Crippen LogP contribution in [0.15, 0.2) is 58.4 Å². The Labute approximate surface area is 288 Å². The minimum absolute atomic E-state index is 0.0352. The Bertz CT molecular complexity index is 1770. The van der Waals surface area contributed by atoms with Gasteiger partial charge in [-0.1, -0.05) is 71.3 Å². The summed E-state index contributed by atoms with van der Waals surface area (Å²) in [5.74, 6) is -0.181. The molecule has 9 nitrogen and oxygen atoms in total. The van der Waals surface area contributed by atoms with Crippen LogP contribution < -0.4 is 28.2 Å². The minimum atomic E-state index is -0.304. The lowest BCUT2D eigenvalue weighted by Gasteiger charge is -2.22. The number of nitrogens with zero attached hydrogens (tertiary/aromatic N) is 3. The first-order valence-electron chi connectivity index (χ1n) is 16.7. The summed E-state index contributed by atoms with van der Waals surface area (Å²) in [4.78, 5) is 23.9. The molecule has 0 spiro atoms. The molecule has 11 heteroatoms. The summed E-state index contributed by atoms with van der Waals surface area (Å²) in [7, 11) is 0. The van der Waals surface area contributed by atoms with Crippen LogP contribution in [0.5, 0.6) is 0 Å². The summed E-state index contributed by atoms with van der Waals surface area (Å²) < 4.78 is 15.5. The summed E-state index contributed by atoms with van der Waals surface area (Å²) >= 11 is 6.08. The van der Waals surface area contributed by atoms with Gasteiger partial charge >= 0.3 is 5.69 Å². The fourth-order valence-corrected chi connectivity index (χ4v) is 5.87. The first-order valence-corrected chi connectivity index (χ1v) is 17.1. The molecular formula is C37H52ClFN8O. The summed E-state index contributed by atoms with van der Waals surface area (Å²) in [6, 6.07) is 13.6.